The summed E-state index contributed by atoms with van der Waals surface area (Å²) in [6.07, 6.45) is 3.26. The number of amides is 2. The summed E-state index contributed by atoms with van der Waals surface area (Å²) < 4.78 is 10.7. The predicted molar refractivity (Wildman–Crippen MR) is 99.3 cm³/mol. The molecule has 0 aromatic rings. The molecule has 1 fully saturated rings. The van der Waals surface area contributed by atoms with Crippen LogP contribution in [0.25, 0.3) is 0 Å². The number of ether oxygens (including phenoxy) is 2. The number of allylic oxidation sites excluding steroid dienone is 2. The van der Waals surface area contributed by atoms with Gasteiger partial charge in [0, 0.05) is 0 Å². The summed E-state index contributed by atoms with van der Waals surface area (Å²) in [5.74, 6) is -0.886. The highest BCUT2D eigenvalue weighted by atomic mass is 16.6. The zero-order valence-electron chi connectivity index (χ0n) is 16.5. The largest absolute Gasteiger partial charge is 0.464 e. The van der Waals surface area contributed by atoms with E-state index in [9.17, 15) is 14.4 Å². The lowest BCUT2D eigenvalue weighted by molar-refractivity contribution is -0.152. The summed E-state index contributed by atoms with van der Waals surface area (Å²) in [5, 5.41) is 0. The highest BCUT2D eigenvalue weighted by Crippen LogP contribution is 2.43. The highest BCUT2D eigenvalue weighted by Gasteiger charge is 2.56. The van der Waals surface area contributed by atoms with Gasteiger partial charge in [0.2, 0.25) is 5.91 Å². The molecule has 146 valence electrons. The van der Waals surface area contributed by atoms with Crippen LogP contribution in [0.5, 0.6) is 0 Å². The molecule has 1 atom stereocenters. The van der Waals surface area contributed by atoms with Crippen LogP contribution in [0.3, 0.4) is 0 Å². The average Bonchev–Trinajstić information content (AvgIpc) is 2.77. The van der Waals surface area contributed by atoms with E-state index in [-0.39, 0.29) is 18.9 Å². The topological polar surface area (TPSA) is 72.9 Å². The summed E-state index contributed by atoms with van der Waals surface area (Å²) >= 11 is 0. The summed E-state index contributed by atoms with van der Waals surface area (Å²) in [6.45, 7) is 16.6. The molecule has 0 bridgehead atoms. The van der Waals surface area contributed by atoms with Crippen molar-refractivity contribution in [2.45, 2.75) is 65.5 Å². The van der Waals surface area contributed by atoms with Gasteiger partial charge in [-0.25, -0.2) is 14.5 Å². The molecule has 0 aromatic heterocycles. The molecular formula is C20H31NO5. The second-order valence-corrected chi connectivity index (χ2v) is 8.17. The predicted octanol–water partition coefficient (Wildman–Crippen LogP) is 3.86. The highest BCUT2D eigenvalue weighted by molar-refractivity contribution is 6.02. The van der Waals surface area contributed by atoms with E-state index in [0.29, 0.717) is 12.8 Å². The maximum absolute atomic E-state index is 13.1. The van der Waals surface area contributed by atoms with Crippen molar-refractivity contribution in [3.05, 3.63) is 25.3 Å². The Morgan fingerprint density at radius 3 is 2.23 bits per heavy atom. The molecule has 0 spiro atoms. The molecule has 1 saturated heterocycles. The lowest BCUT2D eigenvalue weighted by Gasteiger charge is -2.27. The molecule has 0 unspecified atom stereocenters. The number of hydrogen-bond acceptors (Lipinski definition) is 5. The monoisotopic (exact) mass is 365 g/mol. The maximum atomic E-state index is 13.1. The van der Waals surface area contributed by atoms with Crippen molar-refractivity contribution in [1.82, 2.24) is 4.90 Å². The van der Waals surface area contributed by atoms with E-state index in [4.69, 9.17) is 9.47 Å². The SMILES string of the molecule is C=CCC1(CC=C)C[C@@H](C(=O)OCC(C)C)N(C(=O)OC(C)(C)C)C1=O. The summed E-state index contributed by atoms with van der Waals surface area (Å²) in [7, 11) is 0. The molecule has 26 heavy (non-hydrogen) atoms. The zero-order chi connectivity index (χ0) is 20.1. The zero-order valence-corrected chi connectivity index (χ0v) is 16.5. The van der Waals surface area contributed by atoms with Crippen LogP contribution in [-0.4, -0.2) is 41.1 Å². The Balaban J connectivity index is 3.21. The minimum absolute atomic E-state index is 0.150. The first-order valence-corrected chi connectivity index (χ1v) is 8.92. The van der Waals surface area contributed by atoms with Gasteiger partial charge in [0.15, 0.2) is 0 Å². The number of likely N-dealkylation sites (tertiary alicyclic amines) is 1. The van der Waals surface area contributed by atoms with Gasteiger partial charge in [0.1, 0.15) is 11.6 Å². The van der Waals surface area contributed by atoms with Crippen LogP contribution in [0.15, 0.2) is 25.3 Å². The van der Waals surface area contributed by atoms with Crippen LogP contribution in [-0.2, 0) is 19.1 Å². The number of carbonyl (C=O) groups is 3. The van der Waals surface area contributed by atoms with Crippen LogP contribution in [0.1, 0.15) is 53.9 Å². The third-order valence-corrected chi connectivity index (χ3v) is 4.06. The Kier molecular flexibility index (Phi) is 7.18. The average molecular weight is 365 g/mol. The number of rotatable bonds is 7. The fourth-order valence-corrected chi connectivity index (χ4v) is 2.98. The lowest BCUT2D eigenvalue weighted by Crippen LogP contribution is -2.47. The van der Waals surface area contributed by atoms with Gasteiger partial charge in [-0.05, 0) is 46.0 Å². The fraction of sp³-hybridized carbons (Fsp3) is 0.650. The molecule has 0 aromatic carbocycles. The minimum Gasteiger partial charge on any atom is -0.464 e. The second-order valence-electron chi connectivity index (χ2n) is 8.17. The van der Waals surface area contributed by atoms with Crippen LogP contribution in [0.4, 0.5) is 4.79 Å². The van der Waals surface area contributed by atoms with Crippen molar-refractivity contribution in [1.29, 1.82) is 0 Å². The van der Waals surface area contributed by atoms with E-state index in [1.807, 2.05) is 13.8 Å². The molecule has 1 rings (SSSR count). The summed E-state index contributed by atoms with van der Waals surface area (Å²) in [4.78, 5) is 39.3. The van der Waals surface area contributed by atoms with Crippen molar-refractivity contribution in [2.75, 3.05) is 6.61 Å². The van der Waals surface area contributed by atoms with E-state index in [1.54, 1.807) is 32.9 Å². The van der Waals surface area contributed by atoms with E-state index < -0.39 is 35.0 Å². The van der Waals surface area contributed by atoms with Gasteiger partial charge in [-0.15, -0.1) is 13.2 Å². The smallest absolute Gasteiger partial charge is 0.417 e. The van der Waals surface area contributed by atoms with Gasteiger partial charge in [-0.1, -0.05) is 26.0 Å². The standard InChI is InChI=1S/C20H31NO5/c1-8-10-20(11-9-2)12-15(16(22)25-13-14(3)4)21(17(20)23)18(24)26-19(5,6)7/h8-9,14-15H,1-2,10-13H2,3-7H3/t15-/m0/s1. The van der Waals surface area contributed by atoms with E-state index in [2.05, 4.69) is 13.2 Å². The Morgan fingerprint density at radius 1 is 1.27 bits per heavy atom. The first-order chi connectivity index (χ1) is 12.0. The second kappa shape index (κ2) is 8.52. The van der Waals surface area contributed by atoms with Gasteiger partial charge >= 0.3 is 12.1 Å². The fourth-order valence-electron chi connectivity index (χ4n) is 2.98. The summed E-state index contributed by atoms with van der Waals surface area (Å²) in [6, 6.07) is -1.00. The molecule has 0 aliphatic carbocycles. The van der Waals surface area contributed by atoms with Crippen molar-refractivity contribution < 1.29 is 23.9 Å². The van der Waals surface area contributed by atoms with Gasteiger partial charge in [0.05, 0.1) is 12.0 Å². The van der Waals surface area contributed by atoms with Crippen LogP contribution >= 0.6 is 0 Å². The Bertz CT molecular complexity index is 563. The third kappa shape index (κ3) is 5.19. The van der Waals surface area contributed by atoms with Gasteiger partial charge in [-0.3, -0.25) is 4.79 Å². The number of nitrogens with zero attached hydrogens (tertiary/aromatic N) is 1. The molecule has 0 saturated carbocycles. The Hall–Kier alpha value is -2.11. The van der Waals surface area contributed by atoms with Crippen molar-refractivity contribution in [3.8, 4) is 0 Å². The van der Waals surface area contributed by atoms with Crippen molar-refractivity contribution in [2.24, 2.45) is 11.3 Å². The van der Waals surface area contributed by atoms with Crippen molar-refractivity contribution >= 4 is 18.0 Å². The minimum atomic E-state index is -1.00. The van der Waals surface area contributed by atoms with E-state index >= 15 is 0 Å². The maximum Gasteiger partial charge on any atom is 0.417 e. The van der Waals surface area contributed by atoms with Crippen LogP contribution < -0.4 is 0 Å². The van der Waals surface area contributed by atoms with E-state index in [1.165, 1.54) is 0 Å². The van der Waals surface area contributed by atoms with E-state index in [0.717, 1.165) is 4.90 Å². The van der Waals surface area contributed by atoms with Gasteiger partial charge < -0.3 is 9.47 Å². The Labute approximate surface area is 156 Å². The third-order valence-electron chi connectivity index (χ3n) is 4.06. The number of imide groups is 1. The molecule has 1 heterocycles. The van der Waals surface area contributed by atoms with Crippen LogP contribution in [0.2, 0.25) is 0 Å². The van der Waals surface area contributed by atoms with Gasteiger partial charge in [-0.2, -0.15) is 0 Å². The van der Waals surface area contributed by atoms with Gasteiger partial charge in [0.25, 0.3) is 0 Å². The molecule has 6 nitrogen and oxygen atoms in total. The number of hydrogen-bond donors (Lipinski definition) is 0. The number of carbonyl (C=O) groups excluding carboxylic acids is 3. The summed E-state index contributed by atoms with van der Waals surface area (Å²) in [5.41, 5.74) is -1.71. The molecule has 6 heteroatoms. The molecule has 2 amide bonds. The molecule has 1 aliphatic rings. The molecular weight excluding hydrogens is 334 g/mol. The molecule has 1 aliphatic heterocycles. The quantitative estimate of drug-likeness (QED) is 0.506. The first kappa shape index (κ1) is 21.9. The van der Waals surface area contributed by atoms with Crippen molar-refractivity contribution in [3.63, 3.8) is 0 Å². The normalized spacial score (nSPS) is 19.4. The molecule has 0 N–H and O–H groups in total. The van der Waals surface area contributed by atoms with Crippen LogP contribution in [0, 0.1) is 11.3 Å². The Morgan fingerprint density at radius 2 is 1.81 bits per heavy atom. The molecule has 0 radical (unpaired) electrons. The lowest BCUT2D eigenvalue weighted by atomic mass is 9.78. The first-order valence-electron chi connectivity index (χ1n) is 8.92. The number of esters is 1.